The van der Waals surface area contributed by atoms with Gasteiger partial charge >= 0.3 is 0 Å². The van der Waals surface area contributed by atoms with Crippen LogP contribution in [0.2, 0.25) is 0 Å². The fourth-order valence-corrected chi connectivity index (χ4v) is 2.36. The molecule has 7 nitrogen and oxygen atoms in total. The summed E-state index contributed by atoms with van der Waals surface area (Å²) < 4.78 is 17.9. The number of thiocarbonyl (C=S) groups is 1. The van der Waals surface area contributed by atoms with Crippen LogP contribution in [0.1, 0.15) is 20.9 Å². The highest BCUT2D eigenvalue weighted by molar-refractivity contribution is 7.80. The Morgan fingerprint density at radius 2 is 1.46 bits per heavy atom. The molecule has 4 N–H and O–H groups in total. The molecule has 3 aromatic rings. The van der Waals surface area contributed by atoms with E-state index in [0.29, 0.717) is 16.9 Å². The molecular weight excluding hydrogens is 383 g/mol. The van der Waals surface area contributed by atoms with Gasteiger partial charge in [-0.3, -0.25) is 20.4 Å². The summed E-state index contributed by atoms with van der Waals surface area (Å²) in [5, 5.41) is 5.60. The average molecular weight is 398 g/mol. The molecule has 0 fully saturated rings. The van der Waals surface area contributed by atoms with Crippen LogP contribution in [0.4, 0.5) is 15.8 Å². The maximum atomic E-state index is 12.9. The highest BCUT2D eigenvalue weighted by Gasteiger charge is 2.10. The van der Waals surface area contributed by atoms with Crippen LogP contribution in [-0.2, 0) is 0 Å². The summed E-state index contributed by atoms with van der Waals surface area (Å²) >= 11 is 5.06. The predicted molar refractivity (Wildman–Crippen MR) is 106 cm³/mol. The molecule has 0 radical (unpaired) electrons. The number of rotatable bonds is 4. The van der Waals surface area contributed by atoms with Crippen LogP contribution in [0, 0.1) is 5.82 Å². The fraction of sp³-hybridized carbons (Fsp3) is 0. The Balaban J connectivity index is 1.49. The third kappa shape index (κ3) is 5.15. The maximum absolute atomic E-state index is 12.9. The van der Waals surface area contributed by atoms with Crippen LogP contribution < -0.4 is 21.5 Å². The molecule has 0 saturated heterocycles. The predicted octanol–water partition coefficient (Wildman–Crippen LogP) is 3.30. The SMILES string of the molecule is O=C(NNC(=S)Nc1ccc(F)cc1)c1ccc(NC(=O)c2ccco2)cc1. The summed E-state index contributed by atoms with van der Waals surface area (Å²) in [6.07, 6.45) is 1.41. The Hall–Kier alpha value is -3.72. The number of amides is 2. The topological polar surface area (TPSA) is 95.4 Å². The zero-order chi connectivity index (χ0) is 19.9. The lowest BCUT2D eigenvalue weighted by Crippen LogP contribution is -2.43. The molecular formula is C19H15FN4O3S. The number of hydrogen-bond acceptors (Lipinski definition) is 4. The van der Waals surface area contributed by atoms with Crippen LogP contribution in [0.25, 0.3) is 0 Å². The third-order valence-corrected chi connectivity index (χ3v) is 3.75. The second-order valence-electron chi connectivity index (χ2n) is 5.55. The van der Waals surface area contributed by atoms with E-state index in [1.165, 1.54) is 30.5 Å². The molecule has 3 rings (SSSR count). The van der Waals surface area contributed by atoms with E-state index in [1.807, 2.05) is 0 Å². The minimum absolute atomic E-state index is 0.141. The van der Waals surface area contributed by atoms with Crippen LogP contribution in [-0.4, -0.2) is 16.9 Å². The second kappa shape index (κ2) is 8.78. The molecule has 1 aromatic heterocycles. The first-order valence-corrected chi connectivity index (χ1v) is 8.50. The largest absolute Gasteiger partial charge is 0.459 e. The first-order chi connectivity index (χ1) is 13.5. The molecule has 0 unspecified atom stereocenters. The van der Waals surface area contributed by atoms with Gasteiger partial charge in [0.05, 0.1) is 6.26 Å². The Bertz CT molecular complexity index is 973. The van der Waals surface area contributed by atoms with E-state index in [-0.39, 0.29) is 22.6 Å². The van der Waals surface area contributed by atoms with E-state index < -0.39 is 5.91 Å². The van der Waals surface area contributed by atoms with Gasteiger partial charge in [0.15, 0.2) is 10.9 Å². The molecule has 0 spiro atoms. The number of benzene rings is 2. The fourth-order valence-electron chi connectivity index (χ4n) is 2.19. The average Bonchev–Trinajstić information content (AvgIpc) is 3.23. The number of carbonyl (C=O) groups is 2. The van der Waals surface area contributed by atoms with Crippen molar-refractivity contribution in [3.63, 3.8) is 0 Å². The van der Waals surface area contributed by atoms with Gasteiger partial charge in [0.25, 0.3) is 11.8 Å². The van der Waals surface area contributed by atoms with Gasteiger partial charge in [0.1, 0.15) is 5.82 Å². The molecule has 0 aliphatic heterocycles. The quantitative estimate of drug-likeness (QED) is 0.398. The van der Waals surface area contributed by atoms with E-state index in [0.717, 1.165) is 0 Å². The molecule has 0 atom stereocenters. The molecule has 2 aromatic carbocycles. The monoisotopic (exact) mass is 398 g/mol. The molecule has 28 heavy (non-hydrogen) atoms. The van der Waals surface area contributed by atoms with Gasteiger partial charge < -0.3 is 15.1 Å². The standard InChI is InChI=1S/C19H15FN4O3S/c20-13-5-9-15(10-6-13)22-19(28)24-23-17(25)12-3-7-14(8-4-12)21-18(26)16-2-1-11-27-16/h1-11H,(H,21,26)(H,23,25)(H2,22,24,28). The Morgan fingerprint density at radius 1 is 0.821 bits per heavy atom. The molecule has 142 valence electrons. The first kappa shape index (κ1) is 19.1. The van der Waals surface area contributed by atoms with Crippen LogP contribution in [0.3, 0.4) is 0 Å². The van der Waals surface area contributed by atoms with Crippen molar-refractivity contribution in [1.29, 1.82) is 0 Å². The summed E-state index contributed by atoms with van der Waals surface area (Å²) in [5.74, 6) is -0.983. The summed E-state index contributed by atoms with van der Waals surface area (Å²) in [4.78, 5) is 24.1. The Morgan fingerprint density at radius 3 is 2.11 bits per heavy atom. The van der Waals surface area contributed by atoms with Crippen LogP contribution >= 0.6 is 12.2 Å². The van der Waals surface area contributed by atoms with Crippen LogP contribution in [0.5, 0.6) is 0 Å². The minimum Gasteiger partial charge on any atom is -0.459 e. The minimum atomic E-state index is -0.424. The van der Waals surface area contributed by atoms with Gasteiger partial charge in [-0.2, -0.15) is 0 Å². The lowest BCUT2D eigenvalue weighted by Gasteiger charge is -2.12. The first-order valence-electron chi connectivity index (χ1n) is 8.09. The zero-order valence-corrected chi connectivity index (χ0v) is 15.2. The van der Waals surface area contributed by atoms with E-state index in [2.05, 4.69) is 21.5 Å². The van der Waals surface area contributed by atoms with Crippen molar-refractivity contribution < 1.29 is 18.4 Å². The van der Waals surface area contributed by atoms with Gasteiger partial charge in [-0.25, -0.2) is 4.39 Å². The number of nitrogens with one attached hydrogen (secondary N) is 4. The molecule has 9 heteroatoms. The van der Waals surface area contributed by atoms with E-state index in [4.69, 9.17) is 16.6 Å². The van der Waals surface area contributed by atoms with E-state index in [9.17, 15) is 14.0 Å². The Kier molecular flexibility index (Phi) is 5.97. The number of carbonyl (C=O) groups excluding carboxylic acids is 2. The van der Waals surface area contributed by atoms with E-state index >= 15 is 0 Å². The lowest BCUT2D eigenvalue weighted by molar-refractivity contribution is 0.0943. The van der Waals surface area contributed by atoms with Crippen molar-refractivity contribution in [2.24, 2.45) is 0 Å². The number of hydrazine groups is 1. The number of halogens is 1. The van der Waals surface area contributed by atoms with Crippen LogP contribution in [0.15, 0.2) is 71.3 Å². The van der Waals surface area contributed by atoms with Crippen molar-refractivity contribution in [3.05, 3.63) is 84.1 Å². The van der Waals surface area contributed by atoms with Crippen molar-refractivity contribution >= 4 is 40.5 Å². The molecule has 0 aliphatic carbocycles. The maximum Gasteiger partial charge on any atom is 0.291 e. The smallest absolute Gasteiger partial charge is 0.291 e. The Labute approximate surface area is 164 Å². The molecule has 0 saturated carbocycles. The zero-order valence-electron chi connectivity index (χ0n) is 14.4. The lowest BCUT2D eigenvalue weighted by atomic mass is 10.2. The molecule has 1 heterocycles. The highest BCUT2D eigenvalue weighted by Crippen LogP contribution is 2.12. The molecule has 0 bridgehead atoms. The van der Waals surface area contributed by atoms with E-state index in [1.54, 1.807) is 36.4 Å². The summed E-state index contributed by atoms with van der Waals surface area (Å²) in [7, 11) is 0. The van der Waals surface area contributed by atoms with Gasteiger partial charge in [0.2, 0.25) is 0 Å². The van der Waals surface area contributed by atoms with Gasteiger partial charge in [-0.05, 0) is 72.9 Å². The summed E-state index contributed by atoms with van der Waals surface area (Å²) in [6.45, 7) is 0. The van der Waals surface area contributed by atoms with Crippen molar-refractivity contribution in [1.82, 2.24) is 10.9 Å². The number of anilines is 2. The van der Waals surface area contributed by atoms with Crippen molar-refractivity contribution in [3.8, 4) is 0 Å². The van der Waals surface area contributed by atoms with Gasteiger partial charge in [0, 0.05) is 16.9 Å². The van der Waals surface area contributed by atoms with Gasteiger partial charge in [-0.1, -0.05) is 0 Å². The summed E-state index contributed by atoms with van der Waals surface area (Å²) in [5.41, 5.74) is 6.44. The summed E-state index contributed by atoms with van der Waals surface area (Å²) in [6, 6.07) is 15.0. The third-order valence-electron chi connectivity index (χ3n) is 3.54. The normalized spacial score (nSPS) is 10.0. The molecule has 2 amide bonds. The number of hydrogen-bond donors (Lipinski definition) is 4. The van der Waals surface area contributed by atoms with Crippen molar-refractivity contribution in [2.45, 2.75) is 0 Å². The second-order valence-corrected chi connectivity index (χ2v) is 5.96. The van der Waals surface area contributed by atoms with Crippen molar-refractivity contribution in [2.75, 3.05) is 10.6 Å². The highest BCUT2D eigenvalue weighted by atomic mass is 32.1. The number of furan rings is 1. The molecule has 0 aliphatic rings. The van der Waals surface area contributed by atoms with Gasteiger partial charge in [-0.15, -0.1) is 0 Å².